The predicted molar refractivity (Wildman–Crippen MR) is 116 cm³/mol. The molecule has 0 saturated carbocycles. The van der Waals surface area contributed by atoms with Crippen molar-refractivity contribution in [1.29, 1.82) is 0 Å². The third-order valence-corrected chi connectivity index (χ3v) is 7.88. The van der Waals surface area contributed by atoms with Crippen LogP contribution in [0.3, 0.4) is 0 Å². The summed E-state index contributed by atoms with van der Waals surface area (Å²) < 4.78 is 50.5. The van der Waals surface area contributed by atoms with Crippen molar-refractivity contribution in [2.75, 3.05) is 18.1 Å². The number of amides is 1. The van der Waals surface area contributed by atoms with Gasteiger partial charge < -0.3 is 14.4 Å². The SMILES string of the molecule is CC(C(=O)N(Cc1cccs1)c1ccc2c(c1)OCCO2)S(=O)(=O)c1ccc(F)cc1. The van der Waals surface area contributed by atoms with Crippen LogP contribution in [0, 0.1) is 5.82 Å². The molecular weight excluding hydrogens is 441 g/mol. The van der Waals surface area contributed by atoms with Crippen molar-refractivity contribution in [3.05, 3.63) is 70.7 Å². The third-order valence-electron chi connectivity index (χ3n) is 4.95. The normalized spacial score (nSPS) is 14.1. The van der Waals surface area contributed by atoms with E-state index >= 15 is 0 Å². The van der Waals surface area contributed by atoms with Crippen LogP contribution in [0.4, 0.5) is 10.1 Å². The maximum atomic E-state index is 13.4. The van der Waals surface area contributed by atoms with E-state index in [0.717, 1.165) is 17.0 Å². The Bertz CT molecular complexity index is 1180. The van der Waals surface area contributed by atoms with Crippen molar-refractivity contribution >= 4 is 32.8 Å². The zero-order chi connectivity index (χ0) is 22.0. The first-order valence-corrected chi connectivity index (χ1v) is 12.0. The number of carbonyl (C=O) groups excluding carboxylic acids is 1. The highest BCUT2D eigenvalue weighted by atomic mass is 32.2. The van der Waals surface area contributed by atoms with Gasteiger partial charge in [0.15, 0.2) is 21.3 Å². The molecule has 2 heterocycles. The quantitative estimate of drug-likeness (QED) is 0.518. The lowest BCUT2D eigenvalue weighted by atomic mass is 10.2. The first kappa shape index (κ1) is 21.3. The summed E-state index contributed by atoms with van der Waals surface area (Å²) in [4.78, 5) is 15.7. The molecular formula is C22H20FNO5S2. The van der Waals surface area contributed by atoms with Crippen LogP contribution >= 0.6 is 11.3 Å². The fourth-order valence-corrected chi connectivity index (χ4v) is 5.24. The van der Waals surface area contributed by atoms with Crippen LogP contribution in [0.1, 0.15) is 11.8 Å². The Morgan fingerprint density at radius 2 is 1.81 bits per heavy atom. The monoisotopic (exact) mass is 461 g/mol. The highest BCUT2D eigenvalue weighted by molar-refractivity contribution is 7.92. The van der Waals surface area contributed by atoms with Gasteiger partial charge in [0.25, 0.3) is 0 Å². The molecule has 1 aliphatic rings. The van der Waals surface area contributed by atoms with E-state index in [2.05, 4.69) is 0 Å². The summed E-state index contributed by atoms with van der Waals surface area (Å²) >= 11 is 1.47. The lowest BCUT2D eigenvalue weighted by molar-refractivity contribution is -0.118. The average molecular weight is 462 g/mol. The molecule has 0 fully saturated rings. The van der Waals surface area contributed by atoms with Gasteiger partial charge in [-0.1, -0.05) is 6.07 Å². The Morgan fingerprint density at radius 1 is 1.10 bits per heavy atom. The number of hydrogen-bond donors (Lipinski definition) is 0. The number of sulfone groups is 1. The second kappa shape index (κ2) is 8.68. The number of halogens is 1. The molecule has 9 heteroatoms. The summed E-state index contributed by atoms with van der Waals surface area (Å²) in [6, 6.07) is 13.3. The molecule has 6 nitrogen and oxygen atoms in total. The molecule has 2 aromatic carbocycles. The minimum absolute atomic E-state index is 0.104. The van der Waals surface area contributed by atoms with Gasteiger partial charge in [-0.15, -0.1) is 11.3 Å². The van der Waals surface area contributed by atoms with Gasteiger partial charge in [-0.25, -0.2) is 12.8 Å². The second-order valence-electron chi connectivity index (χ2n) is 6.97. The van der Waals surface area contributed by atoms with E-state index in [4.69, 9.17) is 9.47 Å². The molecule has 0 saturated heterocycles. The van der Waals surface area contributed by atoms with Gasteiger partial charge in [0.2, 0.25) is 5.91 Å². The maximum absolute atomic E-state index is 13.4. The molecule has 0 aliphatic carbocycles. The molecule has 0 N–H and O–H groups in total. The summed E-state index contributed by atoms with van der Waals surface area (Å²) in [5.74, 6) is -0.0600. The van der Waals surface area contributed by atoms with Crippen LogP contribution < -0.4 is 14.4 Å². The van der Waals surface area contributed by atoms with Crippen molar-refractivity contribution < 1.29 is 27.1 Å². The van der Waals surface area contributed by atoms with Gasteiger partial charge in [-0.05, 0) is 54.8 Å². The van der Waals surface area contributed by atoms with E-state index in [0.29, 0.717) is 30.4 Å². The lowest BCUT2D eigenvalue weighted by Crippen LogP contribution is -2.41. The minimum atomic E-state index is -4.01. The van der Waals surface area contributed by atoms with Crippen LogP contribution in [-0.2, 0) is 21.2 Å². The number of hydrogen-bond acceptors (Lipinski definition) is 6. The topological polar surface area (TPSA) is 72.9 Å². The van der Waals surface area contributed by atoms with Crippen LogP contribution in [0.15, 0.2) is 64.9 Å². The standard InChI is InChI=1S/C22H20FNO5S2/c1-15(31(26,27)19-7-4-16(23)5-8-19)22(25)24(14-18-3-2-12-30-18)17-6-9-20-21(13-17)29-11-10-28-20/h2-9,12-13,15H,10-11,14H2,1H3. The van der Waals surface area contributed by atoms with E-state index in [1.54, 1.807) is 18.2 Å². The van der Waals surface area contributed by atoms with Crippen molar-refractivity contribution in [3.8, 4) is 11.5 Å². The van der Waals surface area contributed by atoms with E-state index in [9.17, 15) is 17.6 Å². The van der Waals surface area contributed by atoms with Gasteiger partial charge in [-0.2, -0.15) is 0 Å². The molecule has 1 unspecified atom stereocenters. The van der Waals surface area contributed by atoms with E-state index in [-0.39, 0.29) is 11.4 Å². The van der Waals surface area contributed by atoms with Gasteiger partial charge in [-0.3, -0.25) is 4.79 Å². The minimum Gasteiger partial charge on any atom is -0.486 e. The number of anilines is 1. The Hall–Kier alpha value is -2.91. The average Bonchev–Trinajstić information content (AvgIpc) is 3.30. The number of nitrogens with zero attached hydrogens (tertiary/aromatic N) is 1. The number of thiophene rings is 1. The van der Waals surface area contributed by atoms with E-state index in [1.165, 1.54) is 35.3 Å². The summed E-state index contributed by atoms with van der Waals surface area (Å²) in [5, 5.41) is 0.520. The van der Waals surface area contributed by atoms with Gasteiger partial charge in [0, 0.05) is 16.6 Å². The van der Waals surface area contributed by atoms with E-state index in [1.807, 2.05) is 17.5 Å². The molecule has 1 atom stereocenters. The van der Waals surface area contributed by atoms with Crippen molar-refractivity contribution in [3.63, 3.8) is 0 Å². The molecule has 0 spiro atoms. The summed E-state index contributed by atoms with van der Waals surface area (Å²) in [6.07, 6.45) is 0. The third kappa shape index (κ3) is 4.42. The number of benzene rings is 2. The highest BCUT2D eigenvalue weighted by Gasteiger charge is 2.34. The van der Waals surface area contributed by atoms with Crippen LogP contribution in [-0.4, -0.2) is 32.8 Å². The van der Waals surface area contributed by atoms with Crippen LogP contribution in [0.2, 0.25) is 0 Å². The molecule has 1 aromatic heterocycles. The van der Waals surface area contributed by atoms with Gasteiger partial charge in [0.05, 0.1) is 11.4 Å². The zero-order valence-electron chi connectivity index (χ0n) is 16.7. The summed E-state index contributed by atoms with van der Waals surface area (Å²) in [6.45, 7) is 2.39. The van der Waals surface area contributed by atoms with Crippen LogP contribution in [0.25, 0.3) is 0 Å². The highest BCUT2D eigenvalue weighted by Crippen LogP contribution is 2.35. The Kier molecular flexibility index (Phi) is 5.97. The lowest BCUT2D eigenvalue weighted by Gasteiger charge is -2.27. The summed E-state index contributed by atoms with van der Waals surface area (Å²) in [7, 11) is -4.01. The molecule has 0 radical (unpaired) electrons. The molecule has 3 aromatic rings. The first-order valence-electron chi connectivity index (χ1n) is 9.59. The predicted octanol–water partition coefficient (Wildman–Crippen LogP) is 4.05. The molecule has 4 rings (SSSR count). The Labute approximate surface area is 183 Å². The molecule has 1 amide bonds. The number of carbonyl (C=O) groups is 1. The summed E-state index contributed by atoms with van der Waals surface area (Å²) in [5.41, 5.74) is 0.504. The smallest absolute Gasteiger partial charge is 0.245 e. The maximum Gasteiger partial charge on any atom is 0.245 e. The van der Waals surface area contributed by atoms with Crippen molar-refractivity contribution in [2.24, 2.45) is 0 Å². The zero-order valence-corrected chi connectivity index (χ0v) is 18.3. The number of ether oxygens (including phenoxy) is 2. The molecule has 31 heavy (non-hydrogen) atoms. The fraction of sp³-hybridized carbons (Fsp3) is 0.227. The largest absolute Gasteiger partial charge is 0.486 e. The van der Waals surface area contributed by atoms with Gasteiger partial charge >= 0.3 is 0 Å². The Morgan fingerprint density at radius 3 is 2.48 bits per heavy atom. The molecule has 0 bridgehead atoms. The second-order valence-corrected chi connectivity index (χ2v) is 10.3. The first-order chi connectivity index (χ1) is 14.9. The van der Waals surface area contributed by atoms with Crippen LogP contribution in [0.5, 0.6) is 11.5 Å². The number of rotatable bonds is 6. The molecule has 162 valence electrons. The number of fused-ring (bicyclic) bond motifs is 1. The molecule has 1 aliphatic heterocycles. The fourth-order valence-electron chi connectivity index (χ4n) is 3.24. The Balaban J connectivity index is 1.69. The van der Waals surface area contributed by atoms with Crippen molar-refractivity contribution in [1.82, 2.24) is 0 Å². The van der Waals surface area contributed by atoms with Gasteiger partial charge in [0.1, 0.15) is 24.3 Å². The van der Waals surface area contributed by atoms with Crippen molar-refractivity contribution in [2.45, 2.75) is 23.6 Å². The van der Waals surface area contributed by atoms with E-state index < -0.39 is 26.8 Å².